The van der Waals surface area contributed by atoms with E-state index in [4.69, 9.17) is 14.2 Å². The number of carbonyl (C=O) groups is 3. The summed E-state index contributed by atoms with van der Waals surface area (Å²) in [6, 6.07) is 0. The molecule has 0 saturated heterocycles. The van der Waals surface area contributed by atoms with E-state index < -0.39 is 6.10 Å². The first kappa shape index (κ1) is 62.6. The maximum Gasteiger partial charge on any atom is 0.306 e. The van der Waals surface area contributed by atoms with Gasteiger partial charge in [0.1, 0.15) is 13.2 Å². The van der Waals surface area contributed by atoms with Crippen LogP contribution in [0.25, 0.3) is 0 Å². The number of ether oxygens (including phenoxy) is 3. The first-order valence-corrected chi connectivity index (χ1v) is 27.6. The summed E-state index contributed by atoms with van der Waals surface area (Å²) in [6.45, 7) is 6.46. The molecule has 0 aromatic rings. The van der Waals surface area contributed by atoms with E-state index >= 15 is 0 Å². The van der Waals surface area contributed by atoms with Gasteiger partial charge >= 0.3 is 17.9 Å². The minimum absolute atomic E-state index is 0.1000. The predicted octanol–water partition coefficient (Wildman–Crippen LogP) is 18.4. The molecule has 0 aliphatic heterocycles. The second-order valence-electron chi connectivity index (χ2n) is 18.1. The molecule has 0 bridgehead atoms. The van der Waals surface area contributed by atoms with E-state index in [9.17, 15) is 14.4 Å². The van der Waals surface area contributed by atoms with Crippen LogP contribution in [0.4, 0.5) is 0 Å². The summed E-state index contributed by atoms with van der Waals surface area (Å²) < 4.78 is 16.8. The molecular weight excluding hydrogens is 817 g/mol. The van der Waals surface area contributed by atoms with Crippen molar-refractivity contribution in [1.82, 2.24) is 0 Å². The van der Waals surface area contributed by atoms with Crippen LogP contribution in [0, 0.1) is 0 Å². The van der Waals surface area contributed by atoms with Crippen LogP contribution in [0.2, 0.25) is 0 Å². The summed E-state index contributed by atoms with van der Waals surface area (Å²) in [5.41, 5.74) is 0. The molecule has 0 radical (unpaired) electrons. The van der Waals surface area contributed by atoms with Crippen LogP contribution >= 0.6 is 0 Å². The number of unbranched alkanes of at least 4 members (excludes halogenated alkanes) is 24. The summed E-state index contributed by atoms with van der Waals surface area (Å²) in [6.07, 6.45) is 70.0. The fourth-order valence-electron chi connectivity index (χ4n) is 7.47. The highest BCUT2D eigenvalue weighted by Crippen LogP contribution is 2.14. The van der Waals surface area contributed by atoms with Gasteiger partial charge in [-0.15, -0.1) is 0 Å². The van der Waals surface area contributed by atoms with Crippen LogP contribution in [-0.2, 0) is 28.6 Å². The standard InChI is InChI=1S/C60H102O6/c1-4-7-10-13-16-19-22-25-28-30-33-35-38-41-44-47-50-53-59(62)65-56-57(55-64-58(61)52-49-46-43-40-37-34-31-27-24-21-18-15-12-9-6-3)66-60(63)54-51-48-45-42-39-36-32-29-26-23-20-17-14-11-8-5-2/h8,11,17,20-21,24-26,28-29,33,35,41,44,57H,4-7,9-10,12-16,18-19,22-23,27,30-32,34,36-40,42-43,45-56H2,1-3H3/b11-8-,20-17-,24-21-,28-25-,29-26-,35-33-,44-41-. The Morgan fingerprint density at radius 2 is 0.606 bits per heavy atom. The predicted molar refractivity (Wildman–Crippen MR) is 284 cm³/mol. The molecule has 0 fully saturated rings. The first-order chi connectivity index (χ1) is 32.5. The Hall–Kier alpha value is -3.41. The van der Waals surface area contributed by atoms with E-state index in [-0.39, 0.29) is 37.5 Å². The van der Waals surface area contributed by atoms with Crippen molar-refractivity contribution >= 4 is 17.9 Å². The van der Waals surface area contributed by atoms with Gasteiger partial charge in [-0.3, -0.25) is 14.4 Å². The van der Waals surface area contributed by atoms with Gasteiger partial charge < -0.3 is 14.2 Å². The number of hydrogen-bond donors (Lipinski definition) is 0. The van der Waals surface area contributed by atoms with E-state index in [2.05, 4.69) is 106 Å². The van der Waals surface area contributed by atoms with Crippen molar-refractivity contribution in [2.24, 2.45) is 0 Å². The van der Waals surface area contributed by atoms with Gasteiger partial charge in [0.05, 0.1) is 0 Å². The van der Waals surface area contributed by atoms with Gasteiger partial charge in [0.25, 0.3) is 0 Å². The summed E-state index contributed by atoms with van der Waals surface area (Å²) in [5.74, 6) is -0.969. The Kier molecular flexibility index (Phi) is 51.4. The minimum Gasteiger partial charge on any atom is -0.462 e. The number of rotatable bonds is 49. The third kappa shape index (κ3) is 51.6. The van der Waals surface area contributed by atoms with Crippen molar-refractivity contribution in [3.63, 3.8) is 0 Å². The van der Waals surface area contributed by atoms with Gasteiger partial charge in [0, 0.05) is 19.3 Å². The molecule has 0 N–H and O–H groups in total. The molecule has 0 aromatic heterocycles. The molecule has 0 saturated carbocycles. The van der Waals surface area contributed by atoms with E-state index in [0.29, 0.717) is 19.3 Å². The van der Waals surface area contributed by atoms with E-state index in [1.54, 1.807) is 0 Å². The molecule has 0 rings (SSSR count). The molecule has 0 aliphatic rings. The zero-order valence-corrected chi connectivity index (χ0v) is 43.2. The Morgan fingerprint density at radius 3 is 1.02 bits per heavy atom. The third-order valence-electron chi connectivity index (χ3n) is 11.6. The van der Waals surface area contributed by atoms with Gasteiger partial charge in [-0.25, -0.2) is 0 Å². The number of allylic oxidation sites excluding steroid dienone is 14. The third-order valence-corrected chi connectivity index (χ3v) is 11.6. The fraction of sp³-hybridized carbons (Fsp3) is 0.717. The lowest BCUT2D eigenvalue weighted by Crippen LogP contribution is -2.30. The molecule has 1 unspecified atom stereocenters. The summed E-state index contributed by atoms with van der Waals surface area (Å²) >= 11 is 0. The van der Waals surface area contributed by atoms with Crippen molar-refractivity contribution in [2.45, 2.75) is 264 Å². The number of carbonyl (C=O) groups excluding carboxylic acids is 3. The maximum atomic E-state index is 12.8. The first-order valence-electron chi connectivity index (χ1n) is 27.6. The Bertz CT molecular complexity index is 1290. The van der Waals surface area contributed by atoms with Crippen molar-refractivity contribution in [3.8, 4) is 0 Å². The van der Waals surface area contributed by atoms with E-state index in [0.717, 1.165) is 89.9 Å². The van der Waals surface area contributed by atoms with Gasteiger partial charge in [-0.05, 0) is 109 Å². The Labute approximate surface area is 407 Å². The highest BCUT2D eigenvalue weighted by Gasteiger charge is 2.19. The second-order valence-corrected chi connectivity index (χ2v) is 18.1. The van der Waals surface area contributed by atoms with Crippen LogP contribution in [0.5, 0.6) is 0 Å². The zero-order valence-electron chi connectivity index (χ0n) is 43.2. The molecule has 66 heavy (non-hydrogen) atoms. The van der Waals surface area contributed by atoms with Crippen molar-refractivity contribution < 1.29 is 28.6 Å². The Morgan fingerprint density at radius 1 is 0.318 bits per heavy atom. The van der Waals surface area contributed by atoms with Crippen molar-refractivity contribution in [3.05, 3.63) is 85.1 Å². The Balaban J connectivity index is 4.49. The lowest BCUT2D eigenvalue weighted by Gasteiger charge is -2.18. The van der Waals surface area contributed by atoms with Crippen molar-refractivity contribution in [2.75, 3.05) is 13.2 Å². The maximum absolute atomic E-state index is 12.8. The van der Waals surface area contributed by atoms with Crippen molar-refractivity contribution in [1.29, 1.82) is 0 Å². The molecule has 6 nitrogen and oxygen atoms in total. The van der Waals surface area contributed by atoms with Crippen LogP contribution in [-0.4, -0.2) is 37.2 Å². The molecule has 378 valence electrons. The fourth-order valence-corrected chi connectivity index (χ4v) is 7.47. The molecule has 6 heteroatoms. The quantitative estimate of drug-likeness (QED) is 0.0262. The van der Waals surface area contributed by atoms with Crippen LogP contribution < -0.4 is 0 Å². The van der Waals surface area contributed by atoms with E-state index in [1.807, 2.05) is 0 Å². The number of hydrogen-bond acceptors (Lipinski definition) is 6. The normalized spacial score (nSPS) is 12.7. The molecule has 0 spiro atoms. The SMILES string of the molecule is CC/C=C\C/C=C\C/C=C\CCCCCCCCC(=O)OC(COC(=O)CCC/C=C\C/C=C\C/C=C\CCCCCCCC)COC(=O)CCCCCCCCC/C=C\CCCCCC. The molecular formula is C60H102O6. The molecule has 0 amide bonds. The topological polar surface area (TPSA) is 78.9 Å². The van der Waals surface area contributed by atoms with Crippen LogP contribution in [0.15, 0.2) is 85.1 Å². The smallest absolute Gasteiger partial charge is 0.306 e. The monoisotopic (exact) mass is 919 g/mol. The summed E-state index contributed by atoms with van der Waals surface area (Å²) in [4.78, 5) is 38.1. The highest BCUT2D eigenvalue weighted by molar-refractivity contribution is 5.71. The van der Waals surface area contributed by atoms with Gasteiger partial charge in [-0.1, -0.05) is 215 Å². The largest absolute Gasteiger partial charge is 0.462 e. The van der Waals surface area contributed by atoms with Crippen LogP contribution in [0.3, 0.4) is 0 Å². The van der Waals surface area contributed by atoms with E-state index in [1.165, 1.54) is 122 Å². The highest BCUT2D eigenvalue weighted by atomic mass is 16.6. The van der Waals surface area contributed by atoms with Gasteiger partial charge in [0.2, 0.25) is 0 Å². The van der Waals surface area contributed by atoms with Gasteiger partial charge in [-0.2, -0.15) is 0 Å². The lowest BCUT2D eigenvalue weighted by molar-refractivity contribution is -0.167. The molecule has 0 aliphatic carbocycles. The summed E-state index contributed by atoms with van der Waals surface area (Å²) in [5, 5.41) is 0. The zero-order chi connectivity index (χ0) is 47.9. The molecule has 0 heterocycles. The molecule has 1 atom stereocenters. The van der Waals surface area contributed by atoms with Crippen LogP contribution in [0.1, 0.15) is 258 Å². The minimum atomic E-state index is -0.806. The molecule has 0 aromatic carbocycles. The number of esters is 3. The summed E-state index contributed by atoms with van der Waals surface area (Å²) in [7, 11) is 0. The average molecular weight is 919 g/mol. The average Bonchev–Trinajstić information content (AvgIpc) is 3.31. The second kappa shape index (κ2) is 54.2. The lowest BCUT2D eigenvalue weighted by atomic mass is 10.1. The van der Waals surface area contributed by atoms with Gasteiger partial charge in [0.15, 0.2) is 6.10 Å².